The fraction of sp³-hybridized carbons (Fsp3) is 0.368. The molecule has 29 heavy (non-hydrogen) atoms. The molecular weight excluding hydrogens is 375 g/mol. The molecule has 5 rings (SSSR count). The molecule has 2 atom stereocenters. The second-order valence-corrected chi connectivity index (χ2v) is 7.26. The van der Waals surface area contributed by atoms with Gasteiger partial charge in [-0.1, -0.05) is 0 Å². The Kier molecular flexibility index (Phi) is 4.27. The highest BCUT2D eigenvalue weighted by Crippen LogP contribution is 2.32. The second-order valence-electron chi connectivity index (χ2n) is 7.26. The Balaban J connectivity index is 1.52. The first-order valence-corrected chi connectivity index (χ1v) is 9.44. The van der Waals surface area contributed by atoms with Gasteiger partial charge in [0.25, 0.3) is 0 Å². The van der Waals surface area contributed by atoms with Crippen molar-refractivity contribution in [3.63, 3.8) is 0 Å². The van der Waals surface area contributed by atoms with Gasteiger partial charge in [0.05, 0.1) is 13.2 Å². The topological polar surface area (TPSA) is 84.9 Å². The number of fused-ring (bicyclic) bond motifs is 2. The molecule has 0 spiro atoms. The van der Waals surface area contributed by atoms with E-state index in [0.29, 0.717) is 24.8 Å². The third-order valence-corrected chi connectivity index (χ3v) is 5.32. The number of halogens is 1. The summed E-state index contributed by atoms with van der Waals surface area (Å²) in [6.45, 7) is 1.23. The monoisotopic (exact) mass is 396 g/mol. The lowest BCUT2D eigenvalue weighted by Crippen LogP contribution is -2.46. The minimum Gasteiger partial charge on any atom is -0.479 e. The highest BCUT2D eigenvalue weighted by atomic mass is 19.1. The highest BCUT2D eigenvalue weighted by molar-refractivity contribution is 5.85. The number of anilines is 1. The van der Waals surface area contributed by atoms with Gasteiger partial charge in [-0.2, -0.15) is 10.1 Å². The number of piperidine rings is 1. The minimum atomic E-state index is -0.978. The number of ether oxygens (including phenoxy) is 1. The quantitative estimate of drug-likeness (QED) is 0.564. The number of aromatic nitrogens is 6. The number of methoxy groups -OCH3 is 1. The van der Waals surface area contributed by atoms with E-state index in [9.17, 15) is 4.39 Å². The van der Waals surface area contributed by atoms with Gasteiger partial charge in [0.15, 0.2) is 5.65 Å². The Bertz CT molecular complexity index is 1170. The molecule has 4 aromatic heterocycles. The molecule has 1 saturated heterocycles. The average molecular weight is 396 g/mol. The van der Waals surface area contributed by atoms with Gasteiger partial charge in [0, 0.05) is 31.0 Å². The molecule has 150 valence electrons. The van der Waals surface area contributed by atoms with Crippen molar-refractivity contribution in [2.45, 2.75) is 18.6 Å². The SMILES string of the molecule is COc1nc(N[C@@H]2CCN(C)C[C@H]2F)nn2ccc(-c3ccn4ncnc4c3)c12. The molecule has 0 aromatic carbocycles. The third-order valence-electron chi connectivity index (χ3n) is 5.32. The number of nitrogens with zero attached hydrogens (tertiary/aromatic N) is 7. The molecule has 0 radical (unpaired) electrons. The molecule has 1 N–H and O–H groups in total. The smallest absolute Gasteiger partial charge is 0.244 e. The van der Waals surface area contributed by atoms with Crippen molar-refractivity contribution >= 4 is 17.1 Å². The number of rotatable bonds is 4. The Hall–Kier alpha value is -3.27. The van der Waals surface area contributed by atoms with Crippen LogP contribution in [-0.2, 0) is 0 Å². The predicted molar refractivity (Wildman–Crippen MR) is 106 cm³/mol. The fourth-order valence-corrected chi connectivity index (χ4v) is 3.80. The Morgan fingerprint density at radius 1 is 1.24 bits per heavy atom. The van der Waals surface area contributed by atoms with Crippen LogP contribution in [-0.4, -0.2) is 73.6 Å². The van der Waals surface area contributed by atoms with Crippen LogP contribution in [0, 0.1) is 0 Å². The lowest BCUT2D eigenvalue weighted by molar-refractivity contribution is 0.149. The van der Waals surface area contributed by atoms with Gasteiger partial charge in [-0.3, -0.25) is 0 Å². The van der Waals surface area contributed by atoms with Gasteiger partial charge in [-0.25, -0.2) is 18.4 Å². The van der Waals surface area contributed by atoms with Crippen LogP contribution in [0.4, 0.5) is 10.3 Å². The van der Waals surface area contributed by atoms with E-state index in [-0.39, 0.29) is 6.04 Å². The van der Waals surface area contributed by atoms with Crippen LogP contribution in [0.2, 0.25) is 0 Å². The molecule has 0 bridgehead atoms. The van der Waals surface area contributed by atoms with Crippen molar-refractivity contribution in [2.75, 3.05) is 32.6 Å². The number of hydrogen-bond donors (Lipinski definition) is 1. The Morgan fingerprint density at radius 3 is 2.93 bits per heavy atom. The number of alkyl halides is 1. The first-order valence-electron chi connectivity index (χ1n) is 9.44. The largest absolute Gasteiger partial charge is 0.479 e. The highest BCUT2D eigenvalue weighted by Gasteiger charge is 2.28. The maximum Gasteiger partial charge on any atom is 0.244 e. The van der Waals surface area contributed by atoms with Crippen molar-refractivity contribution < 1.29 is 9.13 Å². The van der Waals surface area contributed by atoms with E-state index in [0.717, 1.165) is 28.8 Å². The molecular formula is C19H21FN8O. The molecule has 0 amide bonds. The van der Waals surface area contributed by atoms with Gasteiger partial charge >= 0.3 is 0 Å². The van der Waals surface area contributed by atoms with Crippen LogP contribution in [0.5, 0.6) is 5.88 Å². The number of pyridine rings is 1. The molecule has 0 unspecified atom stereocenters. The number of hydrogen-bond acceptors (Lipinski definition) is 7. The van der Waals surface area contributed by atoms with Crippen molar-refractivity contribution in [3.05, 3.63) is 36.9 Å². The van der Waals surface area contributed by atoms with E-state index in [2.05, 4.69) is 25.5 Å². The Morgan fingerprint density at radius 2 is 2.10 bits per heavy atom. The first kappa shape index (κ1) is 17.8. The third kappa shape index (κ3) is 3.15. The zero-order valence-corrected chi connectivity index (χ0v) is 16.2. The van der Waals surface area contributed by atoms with Crippen LogP contribution in [0.25, 0.3) is 22.3 Å². The summed E-state index contributed by atoms with van der Waals surface area (Å²) in [6.07, 6.45) is 4.92. The van der Waals surface area contributed by atoms with Crippen LogP contribution in [0.1, 0.15) is 6.42 Å². The molecule has 1 aliphatic heterocycles. The van der Waals surface area contributed by atoms with E-state index < -0.39 is 6.17 Å². The molecule has 5 heterocycles. The molecule has 1 fully saturated rings. The maximum atomic E-state index is 14.4. The van der Waals surface area contributed by atoms with Gasteiger partial charge in [-0.05, 0) is 37.2 Å². The fourth-order valence-electron chi connectivity index (χ4n) is 3.80. The lowest BCUT2D eigenvalue weighted by Gasteiger charge is -2.32. The molecule has 10 heteroatoms. The summed E-state index contributed by atoms with van der Waals surface area (Å²) in [6, 6.07) is 5.53. The summed E-state index contributed by atoms with van der Waals surface area (Å²) in [4.78, 5) is 10.7. The normalized spacial score (nSPS) is 20.4. The maximum absolute atomic E-state index is 14.4. The van der Waals surface area contributed by atoms with E-state index in [1.807, 2.05) is 42.5 Å². The van der Waals surface area contributed by atoms with Crippen LogP contribution >= 0.6 is 0 Å². The molecule has 1 aliphatic rings. The summed E-state index contributed by atoms with van der Waals surface area (Å²) in [5.74, 6) is 0.772. The lowest BCUT2D eigenvalue weighted by atomic mass is 10.0. The summed E-state index contributed by atoms with van der Waals surface area (Å²) in [7, 11) is 3.49. The average Bonchev–Trinajstić information content (AvgIpc) is 3.35. The standard InChI is InChI=1S/C19H21FN8O/c1-26-6-5-15(14(20)10-26)23-19-24-18(29-2)17-13(4-8-28(17)25-19)12-3-7-27-16(9-12)21-11-22-27/h3-4,7-9,11,14-15H,5-6,10H2,1-2H3,(H,23,25)/t14-,15-/m1/s1. The zero-order valence-electron chi connectivity index (χ0n) is 16.2. The van der Waals surface area contributed by atoms with Gasteiger partial charge in [-0.15, -0.1) is 5.10 Å². The number of nitrogens with one attached hydrogen (secondary N) is 1. The zero-order chi connectivity index (χ0) is 20.0. The van der Waals surface area contributed by atoms with Crippen molar-refractivity contribution in [3.8, 4) is 17.0 Å². The van der Waals surface area contributed by atoms with Crippen LogP contribution in [0.15, 0.2) is 36.9 Å². The van der Waals surface area contributed by atoms with Crippen molar-refractivity contribution in [1.82, 2.24) is 34.1 Å². The summed E-state index contributed by atoms with van der Waals surface area (Å²) >= 11 is 0. The van der Waals surface area contributed by atoms with E-state index in [4.69, 9.17) is 4.74 Å². The van der Waals surface area contributed by atoms with Gasteiger partial charge < -0.3 is 15.0 Å². The number of likely N-dealkylation sites (tertiary alicyclic amines) is 1. The van der Waals surface area contributed by atoms with Crippen molar-refractivity contribution in [1.29, 1.82) is 0 Å². The minimum absolute atomic E-state index is 0.321. The predicted octanol–water partition coefficient (Wildman–Crippen LogP) is 1.90. The summed E-state index contributed by atoms with van der Waals surface area (Å²) in [5, 5.41) is 11.8. The summed E-state index contributed by atoms with van der Waals surface area (Å²) < 4.78 is 23.4. The molecule has 0 saturated carbocycles. The van der Waals surface area contributed by atoms with Gasteiger partial charge in [0.1, 0.15) is 18.0 Å². The van der Waals surface area contributed by atoms with Crippen LogP contribution < -0.4 is 10.1 Å². The van der Waals surface area contributed by atoms with Crippen molar-refractivity contribution in [2.24, 2.45) is 0 Å². The van der Waals surface area contributed by atoms with E-state index >= 15 is 0 Å². The Labute approximate surface area is 166 Å². The second kappa shape index (κ2) is 6.96. The van der Waals surface area contributed by atoms with E-state index in [1.165, 1.54) is 6.33 Å². The van der Waals surface area contributed by atoms with Crippen LogP contribution in [0.3, 0.4) is 0 Å². The first-order chi connectivity index (χ1) is 14.1. The van der Waals surface area contributed by atoms with E-state index in [1.54, 1.807) is 16.1 Å². The molecule has 9 nitrogen and oxygen atoms in total. The molecule has 4 aromatic rings. The summed E-state index contributed by atoms with van der Waals surface area (Å²) in [5.41, 5.74) is 3.36. The van der Waals surface area contributed by atoms with Gasteiger partial charge in [0.2, 0.25) is 11.8 Å². The molecule has 0 aliphatic carbocycles.